The molecule has 0 aliphatic carbocycles. The van der Waals surface area contributed by atoms with Crippen LogP contribution in [-0.4, -0.2) is 54.6 Å². The molecular weight excluding hydrogens is 450 g/mol. The summed E-state index contributed by atoms with van der Waals surface area (Å²) in [6.45, 7) is 9.69. The number of morpholine rings is 1. The Balaban J connectivity index is 1.69. The molecule has 1 saturated heterocycles. The molecule has 0 saturated carbocycles. The fraction of sp³-hybridized carbons (Fsp3) is 0.379. The van der Waals surface area contributed by atoms with Crippen molar-refractivity contribution in [2.45, 2.75) is 33.2 Å². The van der Waals surface area contributed by atoms with Crippen molar-refractivity contribution >= 4 is 17.0 Å². The van der Waals surface area contributed by atoms with Crippen molar-refractivity contribution in [1.29, 1.82) is 0 Å². The number of hydrogen-bond acceptors (Lipinski definition) is 6. The molecule has 7 nitrogen and oxygen atoms in total. The van der Waals surface area contributed by atoms with Crippen LogP contribution in [0.25, 0.3) is 11.2 Å². The van der Waals surface area contributed by atoms with Crippen LogP contribution in [0, 0.1) is 6.92 Å². The summed E-state index contributed by atoms with van der Waals surface area (Å²) < 4.78 is 13.8. The fourth-order valence-corrected chi connectivity index (χ4v) is 4.28. The van der Waals surface area contributed by atoms with Crippen molar-refractivity contribution in [2.24, 2.45) is 0 Å². The summed E-state index contributed by atoms with van der Waals surface area (Å²) in [4.78, 5) is 7.12. The van der Waals surface area contributed by atoms with Crippen LogP contribution in [0.5, 0.6) is 5.88 Å². The Morgan fingerprint density at radius 3 is 2.78 bits per heavy atom. The molecule has 190 valence electrons. The highest BCUT2D eigenvalue weighted by atomic mass is 16.5. The van der Waals surface area contributed by atoms with Gasteiger partial charge in [-0.25, -0.2) is 0 Å². The van der Waals surface area contributed by atoms with Crippen molar-refractivity contribution < 1.29 is 9.47 Å². The molecular formula is C29H37N5O2. The highest BCUT2D eigenvalue weighted by molar-refractivity contribution is 5.75. The largest absolute Gasteiger partial charge is 0.475 e. The molecule has 4 rings (SSSR count). The minimum atomic E-state index is 0.0600. The van der Waals surface area contributed by atoms with E-state index in [1.165, 1.54) is 11.1 Å². The summed E-state index contributed by atoms with van der Waals surface area (Å²) in [5.41, 5.74) is 5.10. The molecule has 1 aromatic carbocycles. The lowest BCUT2D eigenvalue weighted by Gasteiger charge is -2.29. The van der Waals surface area contributed by atoms with E-state index in [0.717, 1.165) is 42.2 Å². The van der Waals surface area contributed by atoms with Crippen LogP contribution >= 0.6 is 0 Å². The Kier molecular flexibility index (Phi) is 8.92. The summed E-state index contributed by atoms with van der Waals surface area (Å²) >= 11 is 0. The molecule has 0 bridgehead atoms. The quantitative estimate of drug-likeness (QED) is 0.400. The second-order valence-corrected chi connectivity index (χ2v) is 8.88. The van der Waals surface area contributed by atoms with Gasteiger partial charge in [0.2, 0.25) is 5.88 Å². The van der Waals surface area contributed by atoms with Gasteiger partial charge in [0.05, 0.1) is 24.9 Å². The van der Waals surface area contributed by atoms with Gasteiger partial charge in [-0.3, -0.25) is 0 Å². The molecule has 0 radical (unpaired) electrons. The van der Waals surface area contributed by atoms with Crippen LogP contribution in [0.3, 0.4) is 0 Å². The van der Waals surface area contributed by atoms with Gasteiger partial charge in [-0.15, -0.1) is 0 Å². The molecule has 1 aliphatic rings. The van der Waals surface area contributed by atoms with Crippen LogP contribution in [0.4, 0.5) is 5.82 Å². The minimum Gasteiger partial charge on any atom is -0.475 e. The number of hydrogen-bond donors (Lipinski definition) is 1. The second kappa shape index (κ2) is 12.5. The van der Waals surface area contributed by atoms with Crippen LogP contribution in [0.1, 0.15) is 43.1 Å². The molecule has 3 heterocycles. The molecule has 36 heavy (non-hydrogen) atoms. The summed E-state index contributed by atoms with van der Waals surface area (Å²) in [6, 6.07) is 12.6. The van der Waals surface area contributed by atoms with Gasteiger partial charge >= 0.3 is 0 Å². The summed E-state index contributed by atoms with van der Waals surface area (Å²) in [7, 11) is 1.96. The van der Waals surface area contributed by atoms with Crippen molar-refractivity contribution in [3.8, 4) is 5.88 Å². The number of ether oxygens (including phenoxy) is 2. The average Bonchev–Trinajstić information content (AvgIpc) is 3.33. The number of allylic oxidation sites excluding steroid dienone is 6. The van der Waals surface area contributed by atoms with Crippen LogP contribution in [0.15, 0.2) is 66.8 Å². The highest BCUT2D eigenvalue weighted by Gasteiger charge is 2.20. The number of likely N-dealkylation sites (N-methyl/N-ethyl adjacent to an activating group) is 1. The Labute approximate surface area is 214 Å². The predicted molar refractivity (Wildman–Crippen MR) is 147 cm³/mol. The molecule has 1 aliphatic heterocycles. The van der Waals surface area contributed by atoms with E-state index in [1.807, 2.05) is 36.7 Å². The maximum atomic E-state index is 6.28. The van der Waals surface area contributed by atoms with E-state index in [1.54, 1.807) is 0 Å². The van der Waals surface area contributed by atoms with Gasteiger partial charge in [-0.1, -0.05) is 67.1 Å². The number of fused-ring (bicyclic) bond motifs is 1. The Bertz CT molecular complexity index is 1240. The molecule has 0 amide bonds. The monoisotopic (exact) mass is 487 g/mol. The molecule has 7 heteroatoms. The first-order valence-corrected chi connectivity index (χ1v) is 12.7. The maximum Gasteiger partial charge on any atom is 0.219 e. The third-order valence-electron chi connectivity index (χ3n) is 6.20. The van der Waals surface area contributed by atoms with Crippen molar-refractivity contribution in [3.63, 3.8) is 0 Å². The van der Waals surface area contributed by atoms with Gasteiger partial charge < -0.3 is 19.7 Å². The molecule has 1 N–H and O–H groups in total. The highest BCUT2D eigenvalue weighted by Crippen LogP contribution is 2.26. The molecule has 1 unspecified atom stereocenters. The van der Waals surface area contributed by atoms with Crippen LogP contribution < -0.4 is 15.0 Å². The zero-order valence-corrected chi connectivity index (χ0v) is 21.8. The standard InChI is InChI=1S/C29H37N5O2/c1-5-7-8-12-23(10-6-2)25-19-27-31-28(20-29(34(27)32-25)33-14-16-35-17-15-33)36-21-26(30-4)24-13-9-11-22(3)18-24/h6-13,18-20,26,30H,5,14-17,21H2,1-4H3/b8-7+,10-6-,23-12+. The lowest BCUT2D eigenvalue weighted by atomic mass is 10.1. The molecule has 0 spiro atoms. The van der Waals surface area contributed by atoms with Crippen molar-refractivity contribution in [3.05, 3.63) is 83.6 Å². The number of nitrogens with zero attached hydrogens (tertiary/aromatic N) is 4. The number of aryl methyl sites for hydroxylation is 1. The van der Waals surface area contributed by atoms with E-state index in [4.69, 9.17) is 19.6 Å². The number of anilines is 1. The number of rotatable bonds is 10. The Hall–Kier alpha value is -3.42. The first kappa shape index (κ1) is 25.7. The Morgan fingerprint density at radius 1 is 1.22 bits per heavy atom. The van der Waals surface area contributed by atoms with Crippen molar-refractivity contribution in [1.82, 2.24) is 19.9 Å². The van der Waals surface area contributed by atoms with Gasteiger partial charge in [-0.05, 0) is 32.9 Å². The molecule has 2 aromatic heterocycles. The smallest absolute Gasteiger partial charge is 0.219 e. The first-order valence-electron chi connectivity index (χ1n) is 12.7. The van der Waals surface area contributed by atoms with E-state index in [2.05, 4.69) is 72.6 Å². The topological polar surface area (TPSA) is 63.9 Å². The normalized spacial score (nSPS) is 15.9. The average molecular weight is 488 g/mol. The summed E-state index contributed by atoms with van der Waals surface area (Å²) in [5.74, 6) is 1.55. The van der Waals surface area contributed by atoms with Gasteiger partial charge in [0.1, 0.15) is 12.4 Å². The SMILES string of the molecule is C\C=C/C(=C\C=C\CC)c1cc2nc(OCC(NC)c3cccc(C)c3)cc(N3CCOCC3)n2n1. The van der Waals surface area contributed by atoms with Crippen molar-refractivity contribution in [2.75, 3.05) is 44.9 Å². The summed E-state index contributed by atoms with van der Waals surface area (Å²) in [5, 5.41) is 8.32. The van der Waals surface area contributed by atoms with Gasteiger partial charge in [0.25, 0.3) is 0 Å². The molecule has 1 atom stereocenters. The minimum absolute atomic E-state index is 0.0600. The van der Waals surface area contributed by atoms with E-state index in [0.29, 0.717) is 25.7 Å². The van der Waals surface area contributed by atoms with Crippen LogP contribution in [0.2, 0.25) is 0 Å². The zero-order valence-electron chi connectivity index (χ0n) is 21.8. The first-order chi connectivity index (χ1) is 17.6. The number of benzene rings is 1. The maximum absolute atomic E-state index is 6.28. The lowest BCUT2D eigenvalue weighted by Crippen LogP contribution is -2.37. The zero-order chi connectivity index (χ0) is 25.3. The van der Waals surface area contributed by atoms with Gasteiger partial charge in [0, 0.05) is 30.8 Å². The molecule has 3 aromatic rings. The van der Waals surface area contributed by atoms with Gasteiger partial charge in [-0.2, -0.15) is 14.6 Å². The van der Waals surface area contributed by atoms with E-state index < -0.39 is 0 Å². The number of aromatic nitrogens is 3. The third kappa shape index (κ3) is 6.22. The summed E-state index contributed by atoms with van der Waals surface area (Å²) in [6.07, 6.45) is 11.4. The van der Waals surface area contributed by atoms with E-state index >= 15 is 0 Å². The third-order valence-corrected chi connectivity index (χ3v) is 6.20. The lowest BCUT2D eigenvalue weighted by molar-refractivity contribution is 0.122. The van der Waals surface area contributed by atoms with E-state index in [-0.39, 0.29) is 6.04 Å². The predicted octanol–water partition coefficient (Wildman–Crippen LogP) is 5.14. The van der Waals surface area contributed by atoms with E-state index in [9.17, 15) is 0 Å². The van der Waals surface area contributed by atoms with Crippen LogP contribution in [-0.2, 0) is 4.74 Å². The molecule has 1 fully saturated rings. The second-order valence-electron chi connectivity index (χ2n) is 8.88. The number of nitrogens with one attached hydrogen (secondary N) is 1. The van der Waals surface area contributed by atoms with Gasteiger partial charge in [0.15, 0.2) is 5.65 Å². The fourth-order valence-electron chi connectivity index (χ4n) is 4.28. The Morgan fingerprint density at radius 2 is 2.06 bits per heavy atom.